The van der Waals surface area contributed by atoms with Crippen LogP contribution in [0.5, 0.6) is 0 Å². The number of aromatic nitrogens is 3. The Hall–Kier alpha value is -2.58. The van der Waals surface area contributed by atoms with Gasteiger partial charge in [0.25, 0.3) is 0 Å². The van der Waals surface area contributed by atoms with Crippen molar-refractivity contribution in [3.63, 3.8) is 0 Å². The lowest BCUT2D eigenvalue weighted by Gasteiger charge is -2.31. The molecule has 28 heavy (non-hydrogen) atoms. The molecule has 0 unspecified atom stereocenters. The van der Waals surface area contributed by atoms with Crippen molar-refractivity contribution in [3.05, 3.63) is 57.6 Å². The van der Waals surface area contributed by atoms with Crippen molar-refractivity contribution < 1.29 is 4.79 Å². The van der Waals surface area contributed by atoms with Gasteiger partial charge in [-0.1, -0.05) is 6.07 Å². The number of aryl methyl sites for hydroxylation is 1. The summed E-state index contributed by atoms with van der Waals surface area (Å²) in [5, 5.41) is 9.11. The highest BCUT2D eigenvalue weighted by atomic mass is 32.1. The average Bonchev–Trinajstić information content (AvgIpc) is 3.36. The second kappa shape index (κ2) is 8.62. The minimum absolute atomic E-state index is 0.0393. The van der Waals surface area contributed by atoms with Crippen LogP contribution >= 0.6 is 22.7 Å². The SMILES string of the molecule is Cc1nc(/C=C/C(=O)N2CCC[C@@H](c3csc(Nc4ccccn4)n3)C2)cs1. The first-order chi connectivity index (χ1) is 13.7. The van der Waals surface area contributed by atoms with E-state index in [0.717, 1.165) is 46.7 Å². The molecular formula is C20H21N5OS2. The molecule has 1 aliphatic rings. The number of hydrogen-bond acceptors (Lipinski definition) is 7. The quantitative estimate of drug-likeness (QED) is 0.628. The van der Waals surface area contributed by atoms with Crippen molar-refractivity contribution in [2.24, 2.45) is 0 Å². The van der Waals surface area contributed by atoms with E-state index < -0.39 is 0 Å². The van der Waals surface area contributed by atoms with E-state index in [0.29, 0.717) is 6.54 Å². The van der Waals surface area contributed by atoms with Gasteiger partial charge in [0.1, 0.15) is 5.82 Å². The first-order valence-electron chi connectivity index (χ1n) is 9.20. The average molecular weight is 412 g/mol. The van der Waals surface area contributed by atoms with Crippen LogP contribution in [0.1, 0.15) is 35.2 Å². The number of anilines is 2. The predicted molar refractivity (Wildman–Crippen MR) is 114 cm³/mol. The molecule has 0 radical (unpaired) electrons. The summed E-state index contributed by atoms with van der Waals surface area (Å²) in [6.07, 6.45) is 7.22. The lowest BCUT2D eigenvalue weighted by Crippen LogP contribution is -2.38. The van der Waals surface area contributed by atoms with Crippen molar-refractivity contribution in [3.8, 4) is 0 Å². The van der Waals surface area contributed by atoms with E-state index in [2.05, 4.69) is 20.7 Å². The molecule has 1 saturated heterocycles. The molecule has 0 bridgehead atoms. The molecule has 0 aliphatic carbocycles. The van der Waals surface area contributed by atoms with E-state index in [4.69, 9.17) is 4.98 Å². The van der Waals surface area contributed by atoms with Crippen LogP contribution in [-0.2, 0) is 4.79 Å². The van der Waals surface area contributed by atoms with Gasteiger partial charge in [0, 0.05) is 42.0 Å². The second-order valence-corrected chi connectivity index (χ2v) is 8.59. The third kappa shape index (κ3) is 4.63. The van der Waals surface area contributed by atoms with Crippen LogP contribution < -0.4 is 5.32 Å². The summed E-state index contributed by atoms with van der Waals surface area (Å²) in [5.74, 6) is 1.09. The molecule has 1 aliphatic heterocycles. The van der Waals surface area contributed by atoms with E-state index in [1.54, 1.807) is 41.0 Å². The van der Waals surface area contributed by atoms with Crippen LogP contribution in [0.4, 0.5) is 10.9 Å². The Morgan fingerprint density at radius 3 is 3.00 bits per heavy atom. The molecule has 1 atom stereocenters. The van der Waals surface area contributed by atoms with Crippen molar-refractivity contribution in [2.45, 2.75) is 25.7 Å². The first-order valence-corrected chi connectivity index (χ1v) is 11.0. The van der Waals surface area contributed by atoms with Crippen LogP contribution in [0, 0.1) is 6.92 Å². The highest BCUT2D eigenvalue weighted by molar-refractivity contribution is 7.13. The maximum Gasteiger partial charge on any atom is 0.246 e. The van der Waals surface area contributed by atoms with Gasteiger partial charge in [-0.25, -0.2) is 15.0 Å². The van der Waals surface area contributed by atoms with Gasteiger partial charge in [-0.15, -0.1) is 22.7 Å². The number of thiazole rings is 2. The molecule has 1 fully saturated rings. The molecule has 8 heteroatoms. The minimum atomic E-state index is 0.0393. The van der Waals surface area contributed by atoms with Gasteiger partial charge in [0.2, 0.25) is 5.91 Å². The number of rotatable bonds is 5. The standard InChI is InChI=1S/C20H21N5OS2/c1-14-22-16(12-27-14)7-8-19(26)25-10-4-5-15(11-25)17-13-28-20(23-17)24-18-6-2-3-9-21-18/h2-3,6-9,12-13,15H,4-5,10-11H2,1H3,(H,21,23,24)/b8-7+/t15-/m1/s1. The summed E-state index contributed by atoms with van der Waals surface area (Å²) in [7, 11) is 0. The first kappa shape index (κ1) is 18.8. The fourth-order valence-electron chi connectivity index (χ4n) is 3.21. The van der Waals surface area contributed by atoms with Gasteiger partial charge in [-0.3, -0.25) is 4.79 Å². The molecule has 1 amide bonds. The molecule has 3 aromatic heterocycles. The normalized spacial score (nSPS) is 17.2. The van der Waals surface area contributed by atoms with Crippen LogP contribution in [-0.4, -0.2) is 38.8 Å². The highest BCUT2D eigenvalue weighted by Crippen LogP contribution is 2.30. The van der Waals surface area contributed by atoms with Gasteiger partial charge >= 0.3 is 0 Å². The van der Waals surface area contributed by atoms with E-state index in [9.17, 15) is 4.79 Å². The lowest BCUT2D eigenvalue weighted by molar-refractivity contribution is -0.127. The number of hydrogen-bond donors (Lipinski definition) is 1. The predicted octanol–water partition coefficient (Wildman–Crippen LogP) is 4.47. The number of nitrogens with zero attached hydrogens (tertiary/aromatic N) is 4. The summed E-state index contributed by atoms with van der Waals surface area (Å²) < 4.78 is 0. The maximum absolute atomic E-state index is 12.6. The van der Waals surface area contributed by atoms with Crippen LogP contribution in [0.25, 0.3) is 6.08 Å². The number of pyridine rings is 1. The fraction of sp³-hybridized carbons (Fsp3) is 0.300. The molecule has 3 aromatic rings. The van der Waals surface area contributed by atoms with Crippen molar-refractivity contribution in [1.29, 1.82) is 0 Å². The Kier molecular flexibility index (Phi) is 5.78. The minimum Gasteiger partial charge on any atom is -0.338 e. The van der Waals surface area contributed by atoms with Gasteiger partial charge in [-0.05, 0) is 38.0 Å². The summed E-state index contributed by atoms with van der Waals surface area (Å²) in [5.41, 5.74) is 1.88. The van der Waals surface area contributed by atoms with Gasteiger partial charge in [0.05, 0.1) is 16.4 Å². The molecule has 4 heterocycles. The Morgan fingerprint density at radius 1 is 1.29 bits per heavy atom. The number of carbonyl (C=O) groups is 1. The maximum atomic E-state index is 12.6. The summed E-state index contributed by atoms with van der Waals surface area (Å²) in [6, 6.07) is 5.74. The molecule has 1 N–H and O–H groups in total. The highest BCUT2D eigenvalue weighted by Gasteiger charge is 2.25. The third-order valence-corrected chi connectivity index (χ3v) is 6.17. The largest absolute Gasteiger partial charge is 0.338 e. The second-order valence-electron chi connectivity index (χ2n) is 6.67. The number of carbonyl (C=O) groups excluding carboxylic acids is 1. The molecular weight excluding hydrogens is 390 g/mol. The van der Waals surface area contributed by atoms with Crippen LogP contribution in [0.2, 0.25) is 0 Å². The Labute approximate surface area is 172 Å². The summed E-state index contributed by atoms with van der Waals surface area (Å²) in [4.78, 5) is 27.8. The van der Waals surface area contributed by atoms with E-state index in [1.807, 2.05) is 35.4 Å². The zero-order valence-corrected chi connectivity index (χ0v) is 17.2. The molecule has 4 rings (SSSR count). The van der Waals surface area contributed by atoms with Gasteiger partial charge in [-0.2, -0.15) is 0 Å². The fourth-order valence-corrected chi connectivity index (χ4v) is 4.59. The number of amides is 1. The zero-order valence-electron chi connectivity index (χ0n) is 15.5. The van der Waals surface area contributed by atoms with Crippen molar-refractivity contribution in [2.75, 3.05) is 18.4 Å². The van der Waals surface area contributed by atoms with Crippen LogP contribution in [0.3, 0.4) is 0 Å². The molecule has 144 valence electrons. The number of nitrogens with one attached hydrogen (secondary N) is 1. The van der Waals surface area contributed by atoms with E-state index >= 15 is 0 Å². The molecule has 0 spiro atoms. The summed E-state index contributed by atoms with van der Waals surface area (Å²) >= 11 is 3.16. The Bertz CT molecular complexity index is 966. The topological polar surface area (TPSA) is 71.0 Å². The Morgan fingerprint density at radius 2 is 2.21 bits per heavy atom. The number of likely N-dealkylation sites (tertiary alicyclic amines) is 1. The lowest BCUT2D eigenvalue weighted by atomic mass is 9.95. The molecule has 0 aromatic carbocycles. The third-order valence-electron chi connectivity index (χ3n) is 4.61. The molecule has 6 nitrogen and oxygen atoms in total. The van der Waals surface area contributed by atoms with Crippen molar-refractivity contribution in [1.82, 2.24) is 19.9 Å². The summed E-state index contributed by atoms with van der Waals surface area (Å²) in [6.45, 7) is 3.45. The van der Waals surface area contributed by atoms with Gasteiger partial charge < -0.3 is 10.2 Å². The Balaban J connectivity index is 1.38. The smallest absolute Gasteiger partial charge is 0.246 e. The van der Waals surface area contributed by atoms with E-state index in [-0.39, 0.29) is 11.8 Å². The zero-order chi connectivity index (χ0) is 19.3. The monoisotopic (exact) mass is 411 g/mol. The van der Waals surface area contributed by atoms with E-state index in [1.165, 1.54) is 0 Å². The van der Waals surface area contributed by atoms with Crippen LogP contribution in [0.15, 0.2) is 41.2 Å². The van der Waals surface area contributed by atoms with Gasteiger partial charge in [0.15, 0.2) is 5.13 Å². The number of piperidine rings is 1. The molecule has 0 saturated carbocycles. The van der Waals surface area contributed by atoms with Crippen molar-refractivity contribution >= 4 is 45.6 Å².